The van der Waals surface area contributed by atoms with Gasteiger partial charge in [-0.15, -0.1) is 0 Å². The number of nitro groups is 1. The van der Waals surface area contributed by atoms with E-state index in [-0.39, 0.29) is 5.69 Å². The van der Waals surface area contributed by atoms with Crippen LogP contribution in [0.25, 0.3) is 11.4 Å². The zero-order valence-corrected chi connectivity index (χ0v) is 9.92. The van der Waals surface area contributed by atoms with Crippen molar-refractivity contribution >= 4 is 11.7 Å². The molecule has 1 heterocycles. The van der Waals surface area contributed by atoms with Gasteiger partial charge in [-0.3, -0.25) is 10.1 Å². The fourth-order valence-electron chi connectivity index (χ4n) is 1.44. The van der Waals surface area contributed by atoms with Gasteiger partial charge in [0, 0.05) is 17.7 Å². The Morgan fingerprint density at radius 2 is 2.05 bits per heavy atom. The molecule has 0 amide bonds. The Balaban J connectivity index is 2.27. The maximum Gasteiger partial charge on any atom is 0.328 e. The molecule has 1 aromatic heterocycles. The molecule has 0 aliphatic carbocycles. The number of hydrogen-bond acceptors (Lipinski definition) is 5. The Labute approximate surface area is 107 Å². The molecule has 0 aliphatic rings. The highest BCUT2D eigenvalue weighted by Crippen LogP contribution is 2.19. The second kappa shape index (κ2) is 4.84. The molecule has 0 aliphatic heterocycles. The molecule has 0 unspecified atom stereocenters. The third-order valence-corrected chi connectivity index (χ3v) is 2.60. The molecule has 0 bridgehead atoms. The number of nitrogens with zero attached hydrogens (tertiary/aromatic N) is 4. The van der Waals surface area contributed by atoms with Crippen LogP contribution in [-0.2, 0) is 4.79 Å². The van der Waals surface area contributed by atoms with Crippen LogP contribution in [0.3, 0.4) is 0 Å². The Morgan fingerprint density at radius 3 is 2.58 bits per heavy atom. The SMILES string of the molecule is C[C@@H](C(=O)O)n1cnc(-c2ccc([N+](=O)[O-])cc2)n1. The molecular formula is C11H10N4O4. The fraction of sp³-hybridized carbons (Fsp3) is 0.182. The largest absolute Gasteiger partial charge is 0.480 e. The number of carboxylic acid groups (broad SMARTS) is 1. The number of aliphatic carboxylic acids is 1. The predicted molar refractivity (Wildman–Crippen MR) is 64.5 cm³/mol. The summed E-state index contributed by atoms with van der Waals surface area (Å²) in [7, 11) is 0. The normalized spacial score (nSPS) is 12.1. The van der Waals surface area contributed by atoms with E-state index in [2.05, 4.69) is 10.1 Å². The Hall–Kier alpha value is -2.77. The van der Waals surface area contributed by atoms with Gasteiger partial charge in [-0.1, -0.05) is 0 Å². The van der Waals surface area contributed by atoms with Crippen molar-refractivity contribution in [3.63, 3.8) is 0 Å². The van der Waals surface area contributed by atoms with E-state index < -0.39 is 16.9 Å². The molecule has 8 nitrogen and oxygen atoms in total. The van der Waals surface area contributed by atoms with E-state index in [1.54, 1.807) is 0 Å². The number of aromatic nitrogens is 3. The van der Waals surface area contributed by atoms with Crippen molar-refractivity contribution < 1.29 is 14.8 Å². The lowest BCUT2D eigenvalue weighted by molar-refractivity contribution is -0.384. The zero-order valence-electron chi connectivity index (χ0n) is 9.92. The molecule has 98 valence electrons. The smallest absolute Gasteiger partial charge is 0.328 e. The standard InChI is InChI=1S/C11H10N4O4/c1-7(11(16)17)14-6-12-10(13-14)8-2-4-9(5-3-8)15(18)19/h2-7H,1H3,(H,16,17)/t7-/m0/s1. The number of hydrogen-bond donors (Lipinski definition) is 1. The van der Waals surface area contributed by atoms with Crippen LogP contribution in [0.5, 0.6) is 0 Å². The number of carboxylic acids is 1. The van der Waals surface area contributed by atoms with Crippen LogP contribution in [0.15, 0.2) is 30.6 Å². The first kappa shape index (κ1) is 12.7. The minimum Gasteiger partial charge on any atom is -0.480 e. The lowest BCUT2D eigenvalue weighted by Crippen LogP contribution is -2.15. The lowest BCUT2D eigenvalue weighted by atomic mass is 10.2. The van der Waals surface area contributed by atoms with Crippen molar-refractivity contribution in [2.45, 2.75) is 13.0 Å². The second-order valence-electron chi connectivity index (χ2n) is 3.87. The maximum absolute atomic E-state index is 10.8. The second-order valence-corrected chi connectivity index (χ2v) is 3.87. The summed E-state index contributed by atoms with van der Waals surface area (Å²) in [6.07, 6.45) is 1.32. The molecule has 0 fully saturated rings. The van der Waals surface area contributed by atoms with Gasteiger partial charge >= 0.3 is 5.97 Å². The van der Waals surface area contributed by atoms with Crippen LogP contribution in [0.4, 0.5) is 5.69 Å². The van der Waals surface area contributed by atoms with Gasteiger partial charge in [0.05, 0.1) is 4.92 Å². The van der Waals surface area contributed by atoms with Gasteiger partial charge in [-0.05, 0) is 19.1 Å². The average molecular weight is 262 g/mol. The van der Waals surface area contributed by atoms with Crippen LogP contribution in [0.1, 0.15) is 13.0 Å². The Morgan fingerprint density at radius 1 is 1.42 bits per heavy atom. The first-order valence-electron chi connectivity index (χ1n) is 5.38. The van der Waals surface area contributed by atoms with Gasteiger partial charge in [0.2, 0.25) is 0 Å². The average Bonchev–Trinajstić information content (AvgIpc) is 2.87. The summed E-state index contributed by atoms with van der Waals surface area (Å²) in [6, 6.07) is 4.90. The molecule has 0 spiro atoms. The monoisotopic (exact) mass is 262 g/mol. The fourth-order valence-corrected chi connectivity index (χ4v) is 1.44. The third kappa shape index (κ3) is 2.57. The van der Waals surface area contributed by atoms with E-state index in [4.69, 9.17) is 5.11 Å². The molecule has 19 heavy (non-hydrogen) atoms. The van der Waals surface area contributed by atoms with Crippen LogP contribution < -0.4 is 0 Å². The van der Waals surface area contributed by atoms with Crippen molar-refractivity contribution in [1.29, 1.82) is 0 Å². The van der Waals surface area contributed by atoms with E-state index in [1.807, 2.05) is 0 Å². The van der Waals surface area contributed by atoms with E-state index >= 15 is 0 Å². The summed E-state index contributed by atoms with van der Waals surface area (Å²) in [6.45, 7) is 1.48. The van der Waals surface area contributed by atoms with E-state index in [0.717, 1.165) is 0 Å². The Kier molecular flexibility index (Phi) is 3.23. The van der Waals surface area contributed by atoms with Gasteiger partial charge in [-0.2, -0.15) is 5.10 Å². The number of rotatable bonds is 4. The predicted octanol–water partition coefficient (Wildman–Crippen LogP) is 1.50. The maximum atomic E-state index is 10.8. The molecule has 2 rings (SSSR count). The lowest BCUT2D eigenvalue weighted by Gasteiger charge is -2.04. The summed E-state index contributed by atoms with van der Waals surface area (Å²) in [4.78, 5) is 24.8. The topological polar surface area (TPSA) is 111 Å². The molecule has 0 radical (unpaired) electrons. The quantitative estimate of drug-likeness (QED) is 0.660. The van der Waals surface area contributed by atoms with Crippen molar-refractivity contribution in [3.05, 3.63) is 40.7 Å². The molecule has 2 aromatic rings. The summed E-state index contributed by atoms with van der Waals surface area (Å²) in [5, 5.41) is 23.4. The minimum atomic E-state index is -1.01. The molecule has 1 aromatic carbocycles. The van der Waals surface area contributed by atoms with Crippen LogP contribution in [0, 0.1) is 10.1 Å². The van der Waals surface area contributed by atoms with E-state index in [1.165, 1.54) is 42.2 Å². The number of nitro benzene ring substituents is 1. The van der Waals surface area contributed by atoms with Gasteiger partial charge in [-0.25, -0.2) is 14.5 Å². The van der Waals surface area contributed by atoms with Crippen molar-refractivity contribution in [2.24, 2.45) is 0 Å². The van der Waals surface area contributed by atoms with Gasteiger partial charge in [0.25, 0.3) is 5.69 Å². The molecular weight excluding hydrogens is 252 g/mol. The zero-order chi connectivity index (χ0) is 14.0. The number of carbonyl (C=O) groups is 1. The van der Waals surface area contributed by atoms with Gasteiger partial charge < -0.3 is 5.11 Å². The van der Waals surface area contributed by atoms with Crippen molar-refractivity contribution in [2.75, 3.05) is 0 Å². The van der Waals surface area contributed by atoms with Gasteiger partial charge in [0.15, 0.2) is 5.82 Å². The first-order valence-corrected chi connectivity index (χ1v) is 5.38. The molecule has 8 heteroatoms. The summed E-state index contributed by atoms with van der Waals surface area (Å²) in [5.41, 5.74) is 0.559. The molecule has 1 atom stereocenters. The highest BCUT2D eigenvalue weighted by molar-refractivity contribution is 5.71. The Bertz CT molecular complexity index is 620. The summed E-state index contributed by atoms with van der Waals surface area (Å²) < 4.78 is 1.22. The van der Waals surface area contributed by atoms with Crippen molar-refractivity contribution in [1.82, 2.24) is 14.8 Å². The highest BCUT2D eigenvalue weighted by atomic mass is 16.6. The molecule has 0 saturated carbocycles. The van der Waals surface area contributed by atoms with Crippen LogP contribution in [0.2, 0.25) is 0 Å². The van der Waals surface area contributed by atoms with E-state index in [0.29, 0.717) is 11.4 Å². The third-order valence-electron chi connectivity index (χ3n) is 2.60. The molecule has 1 N–H and O–H groups in total. The first-order chi connectivity index (χ1) is 8.99. The number of benzene rings is 1. The van der Waals surface area contributed by atoms with Gasteiger partial charge in [0.1, 0.15) is 12.4 Å². The van der Waals surface area contributed by atoms with Crippen molar-refractivity contribution in [3.8, 4) is 11.4 Å². The summed E-state index contributed by atoms with van der Waals surface area (Å²) in [5.74, 6) is -0.692. The molecule has 0 saturated heterocycles. The highest BCUT2D eigenvalue weighted by Gasteiger charge is 2.16. The van der Waals surface area contributed by atoms with E-state index in [9.17, 15) is 14.9 Å². The van der Waals surface area contributed by atoms with Crippen LogP contribution in [-0.4, -0.2) is 30.8 Å². The van der Waals surface area contributed by atoms with Crippen LogP contribution >= 0.6 is 0 Å². The minimum absolute atomic E-state index is 0.0258. The number of non-ortho nitro benzene ring substituents is 1. The summed E-state index contributed by atoms with van der Waals surface area (Å²) >= 11 is 0.